The van der Waals surface area contributed by atoms with Crippen molar-refractivity contribution < 1.29 is 0 Å². The molecule has 1 aliphatic rings. The maximum absolute atomic E-state index is 6.14. The molecule has 0 spiro atoms. The van der Waals surface area contributed by atoms with Crippen LogP contribution in [0.4, 0.5) is 0 Å². The van der Waals surface area contributed by atoms with Gasteiger partial charge in [0.15, 0.2) is 0 Å². The van der Waals surface area contributed by atoms with Crippen molar-refractivity contribution in [3.05, 3.63) is 16.9 Å². The minimum absolute atomic E-state index is 0.542. The molecule has 0 aliphatic carbocycles. The Kier molecular flexibility index (Phi) is 3.65. The normalized spacial score (nSPS) is 18.3. The summed E-state index contributed by atoms with van der Waals surface area (Å²) in [5.74, 6) is 0. The third-order valence-corrected chi connectivity index (χ3v) is 3.30. The predicted molar refractivity (Wildman–Crippen MR) is 62.4 cm³/mol. The summed E-state index contributed by atoms with van der Waals surface area (Å²) in [6.07, 6.45) is 6.26. The summed E-state index contributed by atoms with van der Waals surface area (Å²) in [4.78, 5) is 0. The van der Waals surface area contributed by atoms with E-state index < -0.39 is 0 Å². The molecule has 0 atom stereocenters. The van der Waals surface area contributed by atoms with Crippen LogP contribution in [0, 0.1) is 0 Å². The quantitative estimate of drug-likeness (QED) is 0.860. The Labute approximate surface area is 95.8 Å². The number of nitrogens with zero attached hydrogens (tertiary/aromatic N) is 2. The van der Waals surface area contributed by atoms with E-state index in [0.717, 1.165) is 43.8 Å². The Morgan fingerprint density at radius 3 is 2.93 bits per heavy atom. The summed E-state index contributed by atoms with van der Waals surface area (Å²) in [7, 11) is 0. The lowest BCUT2D eigenvalue weighted by Crippen LogP contribution is -2.30. The minimum Gasteiger partial charge on any atom is -0.317 e. The van der Waals surface area contributed by atoms with Crippen LogP contribution in [0.15, 0.2) is 6.20 Å². The lowest BCUT2D eigenvalue weighted by molar-refractivity contribution is 0.335. The summed E-state index contributed by atoms with van der Waals surface area (Å²) >= 11 is 6.14. The van der Waals surface area contributed by atoms with E-state index in [1.54, 1.807) is 6.20 Å². The molecule has 1 saturated heterocycles. The largest absolute Gasteiger partial charge is 0.317 e. The summed E-state index contributed by atoms with van der Waals surface area (Å²) in [5, 5.41) is 8.61. The van der Waals surface area contributed by atoms with E-state index in [9.17, 15) is 0 Å². The van der Waals surface area contributed by atoms with Crippen LogP contribution in [0.1, 0.15) is 37.9 Å². The molecular weight excluding hydrogens is 210 g/mol. The fourth-order valence-electron chi connectivity index (χ4n) is 2.20. The molecule has 0 aromatic carbocycles. The molecule has 1 N–H and O–H groups in total. The molecule has 3 nitrogen and oxygen atoms in total. The van der Waals surface area contributed by atoms with Crippen molar-refractivity contribution in [3.63, 3.8) is 0 Å². The van der Waals surface area contributed by atoms with Crippen LogP contribution in [0.2, 0.25) is 5.02 Å². The van der Waals surface area contributed by atoms with Crippen LogP contribution >= 0.6 is 11.6 Å². The number of rotatable bonds is 3. The maximum Gasteiger partial charge on any atom is 0.0817 e. The van der Waals surface area contributed by atoms with Crippen molar-refractivity contribution in [1.29, 1.82) is 0 Å². The van der Waals surface area contributed by atoms with Gasteiger partial charge in [-0.2, -0.15) is 5.10 Å². The standard InChI is InChI=1S/C11H18ClN3/c1-2-3-11-10(12)8-14-15(11)9-4-6-13-7-5-9/h8-9,13H,2-7H2,1H3. The van der Waals surface area contributed by atoms with E-state index in [1.165, 1.54) is 5.69 Å². The van der Waals surface area contributed by atoms with Crippen LogP contribution in [-0.2, 0) is 6.42 Å². The Morgan fingerprint density at radius 1 is 1.53 bits per heavy atom. The second-order valence-electron chi connectivity index (χ2n) is 4.11. The van der Waals surface area contributed by atoms with Gasteiger partial charge in [0.25, 0.3) is 0 Å². The zero-order valence-corrected chi connectivity index (χ0v) is 9.93. The molecule has 84 valence electrons. The molecular formula is C11H18ClN3. The van der Waals surface area contributed by atoms with Crippen LogP contribution in [0.3, 0.4) is 0 Å². The summed E-state index contributed by atoms with van der Waals surface area (Å²) < 4.78 is 2.15. The number of piperidine rings is 1. The van der Waals surface area contributed by atoms with Gasteiger partial charge in [-0.1, -0.05) is 24.9 Å². The molecule has 0 bridgehead atoms. The highest BCUT2D eigenvalue weighted by molar-refractivity contribution is 6.31. The minimum atomic E-state index is 0.542. The monoisotopic (exact) mass is 227 g/mol. The highest BCUT2D eigenvalue weighted by Crippen LogP contribution is 2.25. The zero-order chi connectivity index (χ0) is 10.7. The Bertz CT molecular complexity index is 316. The van der Waals surface area contributed by atoms with Gasteiger partial charge in [0, 0.05) is 0 Å². The average Bonchev–Trinajstić information content (AvgIpc) is 2.63. The first-order valence-electron chi connectivity index (χ1n) is 5.75. The molecule has 1 aromatic rings. The van der Waals surface area contributed by atoms with Crippen LogP contribution in [-0.4, -0.2) is 22.9 Å². The predicted octanol–water partition coefficient (Wildman–Crippen LogP) is 2.41. The highest BCUT2D eigenvalue weighted by Gasteiger charge is 2.19. The summed E-state index contributed by atoms with van der Waals surface area (Å²) in [6, 6.07) is 0.542. The molecule has 0 unspecified atom stereocenters. The van der Waals surface area contributed by atoms with Gasteiger partial charge in [-0.3, -0.25) is 4.68 Å². The van der Waals surface area contributed by atoms with Gasteiger partial charge in [0.1, 0.15) is 0 Å². The molecule has 0 amide bonds. The first-order valence-corrected chi connectivity index (χ1v) is 6.13. The Morgan fingerprint density at radius 2 is 2.27 bits per heavy atom. The smallest absolute Gasteiger partial charge is 0.0817 e. The SMILES string of the molecule is CCCc1c(Cl)cnn1C1CCNCC1. The van der Waals surface area contributed by atoms with Crippen molar-refractivity contribution >= 4 is 11.6 Å². The molecule has 4 heteroatoms. The third-order valence-electron chi connectivity index (χ3n) is 2.99. The van der Waals surface area contributed by atoms with Crippen LogP contribution < -0.4 is 5.32 Å². The lowest BCUT2D eigenvalue weighted by atomic mass is 10.1. The number of hydrogen-bond acceptors (Lipinski definition) is 2. The van der Waals surface area contributed by atoms with Gasteiger partial charge >= 0.3 is 0 Å². The average molecular weight is 228 g/mol. The van der Waals surface area contributed by atoms with Crippen LogP contribution in [0.5, 0.6) is 0 Å². The summed E-state index contributed by atoms with van der Waals surface area (Å²) in [6.45, 7) is 4.36. The Hall–Kier alpha value is -0.540. The molecule has 2 heterocycles. The van der Waals surface area contributed by atoms with Crippen molar-refractivity contribution in [1.82, 2.24) is 15.1 Å². The second-order valence-corrected chi connectivity index (χ2v) is 4.52. The van der Waals surface area contributed by atoms with Gasteiger partial charge in [-0.15, -0.1) is 0 Å². The van der Waals surface area contributed by atoms with E-state index in [4.69, 9.17) is 11.6 Å². The summed E-state index contributed by atoms with van der Waals surface area (Å²) in [5.41, 5.74) is 1.21. The van der Waals surface area contributed by atoms with E-state index in [-0.39, 0.29) is 0 Å². The van der Waals surface area contributed by atoms with Crippen molar-refractivity contribution in [2.45, 2.75) is 38.6 Å². The number of nitrogens with one attached hydrogen (secondary N) is 1. The molecule has 15 heavy (non-hydrogen) atoms. The van der Waals surface area contributed by atoms with Gasteiger partial charge in [-0.25, -0.2) is 0 Å². The van der Waals surface area contributed by atoms with E-state index in [1.807, 2.05) is 0 Å². The van der Waals surface area contributed by atoms with E-state index in [0.29, 0.717) is 6.04 Å². The molecule has 1 fully saturated rings. The van der Waals surface area contributed by atoms with E-state index >= 15 is 0 Å². The molecule has 1 aliphatic heterocycles. The molecule has 1 aromatic heterocycles. The third kappa shape index (κ3) is 2.34. The van der Waals surface area contributed by atoms with Crippen molar-refractivity contribution in [3.8, 4) is 0 Å². The fraction of sp³-hybridized carbons (Fsp3) is 0.727. The molecule has 2 rings (SSSR count). The fourth-order valence-corrected chi connectivity index (χ4v) is 2.43. The number of halogens is 1. The maximum atomic E-state index is 6.14. The molecule has 0 saturated carbocycles. The second kappa shape index (κ2) is 4.99. The molecule has 0 radical (unpaired) electrons. The first kappa shape index (κ1) is 11.0. The van der Waals surface area contributed by atoms with Crippen molar-refractivity contribution in [2.24, 2.45) is 0 Å². The highest BCUT2D eigenvalue weighted by atomic mass is 35.5. The zero-order valence-electron chi connectivity index (χ0n) is 9.17. The Balaban J connectivity index is 2.18. The van der Waals surface area contributed by atoms with Gasteiger partial charge in [-0.05, 0) is 32.4 Å². The number of aromatic nitrogens is 2. The van der Waals surface area contributed by atoms with E-state index in [2.05, 4.69) is 22.0 Å². The van der Waals surface area contributed by atoms with Gasteiger partial charge in [0.2, 0.25) is 0 Å². The number of hydrogen-bond donors (Lipinski definition) is 1. The van der Waals surface area contributed by atoms with Gasteiger partial charge < -0.3 is 5.32 Å². The lowest BCUT2D eigenvalue weighted by Gasteiger charge is -2.24. The first-order chi connectivity index (χ1) is 7.33. The topological polar surface area (TPSA) is 29.9 Å². The van der Waals surface area contributed by atoms with Crippen molar-refractivity contribution in [2.75, 3.05) is 13.1 Å². The van der Waals surface area contributed by atoms with Gasteiger partial charge in [0.05, 0.1) is 23.0 Å². The van der Waals surface area contributed by atoms with Crippen LogP contribution in [0.25, 0.3) is 0 Å².